The summed E-state index contributed by atoms with van der Waals surface area (Å²) in [5.41, 5.74) is 8.20. The van der Waals surface area contributed by atoms with Crippen molar-refractivity contribution < 1.29 is 0 Å². The fourth-order valence-corrected chi connectivity index (χ4v) is 3.00. The van der Waals surface area contributed by atoms with Crippen LogP contribution in [0.2, 0.25) is 0 Å². The quantitative estimate of drug-likeness (QED) is 0.771. The molecule has 1 aromatic heterocycles. The van der Waals surface area contributed by atoms with E-state index in [-0.39, 0.29) is 0 Å². The van der Waals surface area contributed by atoms with E-state index in [0.717, 1.165) is 16.6 Å². The van der Waals surface area contributed by atoms with E-state index >= 15 is 0 Å². The molecule has 1 heterocycles. The fraction of sp³-hybridized carbons (Fsp3) is 0.200. The summed E-state index contributed by atoms with van der Waals surface area (Å²) in [6, 6.07) is 4.15. The van der Waals surface area contributed by atoms with Crippen LogP contribution in [0.5, 0.6) is 0 Å². The van der Waals surface area contributed by atoms with Gasteiger partial charge in [-0.25, -0.2) is 0 Å². The maximum Gasteiger partial charge on any atom is 0.0639 e. The van der Waals surface area contributed by atoms with Crippen molar-refractivity contribution in [2.45, 2.75) is 13.3 Å². The molecule has 1 nitrogen and oxygen atoms in total. The van der Waals surface area contributed by atoms with E-state index < -0.39 is 0 Å². The molecule has 0 amide bonds. The Kier molecular flexibility index (Phi) is 2.30. The van der Waals surface area contributed by atoms with Gasteiger partial charge in [0, 0.05) is 4.47 Å². The second kappa shape index (κ2) is 3.31. The Hall–Kier alpha value is -0.540. The topological polar surface area (TPSA) is 26.0 Å². The first-order chi connectivity index (χ1) is 6.24. The van der Waals surface area contributed by atoms with Gasteiger partial charge in [0.15, 0.2) is 0 Å². The number of rotatable bonds is 1. The standard InChI is InChI=1S/C10H10BrNS/c1-2-6-5-13-10-7(6)3-4-8(11)9(10)12/h3-5H,2,12H2,1H3. The van der Waals surface area contributed by atoms with Gasteiger partial charge >= 0.3 is 0 Å². The molecule has 13 heavy (non-hydrogen) atoms. The second-order valence-corrected chi connectivity index (χ2v) is 4.69. The number of halogens is 1. The Labute approximate surface area is 89.7 Å². The zero-order chi connectivity index (χ0) is 9.42. The Bertz CT molecular complexity index is 447. The Balaban J connectivity index is 2.81. The van der Waals surface area contributed by atoms with Crippen molar-refractivity contribution in [3.05, 3.63) is 27.5 Å². The summed E-state index contributed by atoms with van der Waals surface area (Å²) in [6.45, 7) is 2.17. The van der Waals surface area contributed by atoms with Gasteiger partial charge in [0.2, 0.25) is 0 Å². The second-order valence-electron chi connectivity index (χ2n) is 2.95. The normalized spacial score (nSPS) is 10.9. The molecule has 2 rings (SSSR count). The monoisotopic (exact) mass is 255 g/mol. The number of aryl methyl sites for hydroxylation is 1. The molecule has 0 aliphatic heterocycles. The molecular weight excluding hydrogens is 246 g/mol. The van der Waals surface area contributed by atoms with Gasteiger partial charge < -0.3 is 5.73 Å². The number of benzene rings is 1. The van der Waals surface area contributed by atoms with Gasteiger partial charge in [0.1, 0.15) is 0 Å². The van der Waals surface area contributed by atoms with Crippen molar-refractivity contribution in [1.82, 2.24) is 0 Å². The zero-order valence-electron chi connectivity index (χ0n) is 7.30. The summed E-state index contributed by atoms with van der Waals surface area (Å²) in [7, 11) is 0. The molecule has 0 atom stereocenters. The summed E-state index contributed by atoms with van der Waals surface area (Å²) < 4.78 is 2.19. The van der Waals surface area contributed by atoms with Gasteiger partial charge in [0.05, 0.1) is 10.4 Å². The highest BCUT2D eigenvalue weighted by Crippen LogP contribution is 2.35. The third-order valence-corrected chi connectivity index (χ3v) is 3.96. The molecular formula is C10H10BrNS. The van der Waals surface area contributed by atoms with Crippen LogP contribution < -0.4 is 5.73 Å². The Morgan fingerprint density at radius 1 is 1.46 bits per heavy atom. The smallest absolute Gasteiger partial charge is 0.0639 e. The molecule has 68 valence electrons. The number of nitrogen functional groups attached to an aromatic ring is 1. The Morgan fingerprint density at radius 3 is 2.92 bits per heavy atom. The van der Waals surface area contributed by atoms with E-state index in [4.69, 9.17) is 5.73 Å². The summed E-state index contributed by atoms with van der Waals surface area (Å²) >= 11 is 5.15. The van der Waals surface area contributed by atoms with Crippen molar-refractivity contribution in [2.24, 2.45) is 0 Å². The average Bonchev–Trinajstić information content (AvgIpc) is 2.55. The molecule has 0 saturated carbocycles. The lowest BCUT2D eigenvalue weighted by Gasteiger charge is -2.00. The first-order valence-electron chi connectivity index (χ1n) is 4.18. The molecule has 0 bridgehead atoms. The van der Waals surface area contributed by atoms with E-state index in [9.17, 15) is 0 Å². The van der Waals surface area contributed by atoms with Crippen LogP contribution in [0.4, 0.5) is 5.69 Å². The van der Waals surface area contributed by atoms with Crippen LogP contribution in [0.3, 0.4) is 0 Å². The van der Waals surface area contributed by atoms with Crippen LogP contribution in [0.1, 0.15) is 12.5 Å². The highest BCUT2D eigenvalue weighted by atomic mass is 79.9. The van der Waals surface area contributed by atoms with Gasteiger partial charge in [-0.15, -0.1) is 11.3 Å². The third-order valence-electron chi connectivity index (χ3n) is 2.19. The van der Waals surface area contributed by atoms with Crippen molar-refractivity contribution in [1.29, 1.82) is 0 Å². The van der Waals surface area contributed by atoms with Gasteiger partial charge in [-0.2, -0.15) is 0 Å². The maximum atomic E-state index is 5.95. The van der Waals surface area contributed by atoms with E-state index in [1.807, 2.05) is 6.07 Å². The van der Waals surface area contributed by atoms with Crippen molar-refractivity contribution in [3.8, 4) is 0 Å². The van der Waals surface area contributed by atoms with Gasteiger partial charge in [0.25, 0.3) is 0 Å². The lowest BCUT2D eigenvalue weighted by atomic mass is 10.1. The zero-order valence-corrected chi connectivity index (χ0v) is 9.71. The highest BCUT2D eigenvalue weighted by molar-refractivity contribution is 9.10. The summed E-state index contributed by atoms with van der Waals surface area (Å²) in [6.07, 6.45) is 1.07. The fourth-order valence-electron chi connectivity index (χ4n) is 1.42. The summed E-state index contributed by atoms with van der Waals surface area (Å²) in [4.78, 5) is 0. The van der Waals surface area contributed by atoms with Gasteiger partial charge in [-0.05, 0) is 44.7 Å². The first-order valence-corrected chi connectivity index (χ1v) is 5.85. The van der Waals surface area contributed by atoms with E-state index in [0.29, 0.717) is 0 Å². The van der Waals surface area contributed by atoms with Crippen LogP contribution in [-0.4, -0.2) is 0 Å². The number of anilines is 1. The molecule has 1 aromatic carbocycles. The predicted octanol–water partition coefficient (Wildman–Crippen LogP) is 3.81. The first kappa shape index (κ1) is 9.03. The molecule has 0 saturated heterocycles. The van der Waals surface area contributed by atoms with E-state index in [1.165, 1.54) is 15.6 Å². The molecule has 3 heteroatoms. The van der Waals surface area contributed by atoms with Crippen LogP contribution in [0.25, 0.3) is 10.1 Å². The third kappa shape index (κ3) is 1.36. The molecule has 2 N–H and O–H groups in total. The van der Waals surface area contributed by atoms with E-state index in [2.05, 4.69) is 34.3 Å². The van der Waals surface area contributed by atoms with Crippen LogP contribution in [0.15, 0.2) is 22.0 Å². The maximum absolute atomic E-state index is 5.95. The average molecular weight is 256 g/mol. The van der Waals surface area contributed by atoms with Crippen molar-refractivity contribution in [2.75, 3.05) is 5.73 Å². The Morgan fingerprint density at radius 2 is 2.23 bits per heavy atom. The predicted molar refractivity (Wildman–Crippen MR) is 63.3 cm³/mol. The largest absolute Gasteiger partial charge is 0.397 e. The van der Waals surface area contributed by atoms with Crippen LogP contribution >= 0.6 is 27.3 Å². The lowest BCUT2D eigenvalue weighted by Crippen LogP contribution is -1.86. The number of hydrogen-bond donors (Lipinski definition) is 1. The van der Waals surface area contributed by atoms with Gasteiger partial charge in [-0.1, -0.05) is 13.0 Å². The minimum absolute atomic E-state index is 0.863. The van der Waals surface area contributed by atoms with Gasteiger partial charge in [-0.3, -0.25) is 0 Å². The summed E-state index contributed by atoms with van der Waals surface area (Å²) in [5.74, 6) is 0. The summed E-state index contributed by atoms with van der Waals surface area (Å²) in [5, 5.41) is 3.49. The molecule has 2 aromatic rings. The van der Waals surface area contributed by atoms with Crippen molar-refractivity contribution in [3.63, 3.8) is 0 Å². The van der Waals surface area contributed by atoms with Crippen LogP contribution in [0, 0.1) is 0 Å². The number of fused-ring (bicyclic) bond motifs is 1. The molecule has 0 aliphatic carbocycles. The SMILES string of the molecule is CCc1csc2c(N)c(Br)ccc12. The molecule has 0 unspecified atom stereocenters. The van der Waals surface area contributed by atoms with E-state index in [1.54, 1.807) is 11.3 Å². The van der Waals surface area contributed by atoms with Crippen LogP contribution in [-0.2, 0) is 6.42 Å². The number of hydrogen-bond acceptors (Lipinski definition) is 2. The van der Waals surface area contributed by atoms with Crippen molar-refractivity contribution >= 4 is 43.0 Å². The number of thiophene rings is 1. The molecule has 0 aliphatic rings. The molecule has 0 radical (unpaired) electrons. The molecule has 0 spiro atoms. The lowest BCUT2D eigenvalue weighted by molar-refractivity contribution is 1.17. The molecule has 0 fully saturated rings. The number of nitrogens with two attached hydrogens (primary N) is 1. The minimum Gasteiger partial charge on any atom is -0.397 e. The highest BCUT2D eigenvalue weighted by Gasteiger charge is 2.06. The minimum atomic E-state index is 0.863.